The number of ether oxygens (including phenoxy) is 1. The van der Waals surface area contributed by atoms with Gasteiger partial charge in [-0.05, 0) is 25.5 Å². The van der Waals surface area contributed by atoms with Gasteiger partial charge in [-0.15, -0.1) is 0 Å². The maximum Gasteiger partial charge on any atom is 0.342 e. The number of nitrogens with one attached hydrogen (secondary N) is 1. The van der Waals surface area contributed by atoms with Crippen molar-refractivity contribution in [2.75, 3.05) is 6.61 Å². The smallest absolute Gasteiger partial charge is 0.342 e. The Morgan fingerprint density at radius 3 is 2.67 bits per heavy atom. The molecule has 0 heterocycles. The molecule has 1 rings (SSSR count). The van der Waals surface area contributed by atoms with Crippen molar-refractivity contribution >= 4 is 11.9 Å². The van der Waals surface area contributed by atoms with Crippen molar-refractivity contribution in [3.63, 3.8) is 0 Å². The summed E-state index contributed by atoms with van der Waals surface area (Å²) in [5.74, 6) is -1.23. The summed E-state index contributed by atoms with van der Waals surface area (Å²) < 4.78 is 4.81. The van der Waals surface area contributed by atoms with Crippen molar-refractivity contribution in [1.29, 1.82) is 0 Å². The standard InChI is InChI=1S/C13H17NO4/c1-3-9(2)14-12(16)8-18-13(17)10-6-4-5-7-11(10)15/h4-7,9,15H,3,8H2,1-2H3,(H,14,16). The summed E-state index contributed by atoms with van der Waals surface area (Å²) in [5, 5.41) is 12.1. The van der Waals surface area contributed by atoms with Crippen LogP contribution in [0.15, 0.2) is 24.3 Å². The van der Waals surface area contributed by atoms with Crippen molar-refractivity contribution in [2.45, 2.75) is 26.3 Å². The van der Waals surface area contributed by atoms with Gasteiger partial charge in [-0.2, -0.15) is 0 Å². The maximum atomic E-state index is 11.6. The van der Waals surface area contributed by atoms with E-state index in [1.54, 1.807) is 12.1 Å². The van der Waals surface area contributed by atoms with Crippen LogP contribution in [-0.2, 0) is 9.53 Å². The van der Waals surface area contributed by atoms with Gasteiger partial charge in [-0.3, -0.25) is 4.79 Å². The van der Waals surface area contributed by atoms with Gasteiger partial charge in [0.15, 0.2) is 6.61 Å². The first kappa shape index (κ1) is 14.0. The lowest BCUT2D eigenvalue weighted by molar-refractivity contribution is -0.124. The lowest BCUT2D eigenvalue weighted by Crippen LogP contribution is -2.35. The maximum absolute atomic E-state index is 11.6. The molecular formula is C13H17NO4. The van der Waals surface area contributed by atoms with E-state index in [0.29, 0.717) is 0 Å². The highest BCUT2D eigenvalue weighted by Gasteiger charge is 2.14. The molecule has 1 aromatic carbocycles. The van der Waals surface area contributed by atoms with E-state index in [9.17, 15) is 14.7 Å². The van der Waals surface area contributed by atoms with E-state index >= 15 is 0 Å². The fourth-order valence-corrected chi connectivity index (χ4v) is 1.27. The third kappa shape index (κ3) is 4.08. The zero-order valence-corrected chi connectivity index (χ0v) is 10.5. The summed E-state index contributed by atoms with van der Waals surface area (Å²) in [6.45, 7) is 3.46. The molecule has 0 aromatic heterocycles. The summed E-state index contributed by atoms with van der Waals surface area (Å²) in [4.78, 5) is 22.9. The van der Waals surface area contributed by atoms with E-state index in [1.807, 2.05) is 13.8 Å². The zero-order valence-electron chi connectivity index (χ0n) is 10.5. The molecule has 0 spiro atoms. The van der Waals surface area contributed by atoms with E-state index in [2.05, 4.69) is 5.32 Å². The molecule has 1 aromatic rings. The summed E-state index contributed by atoms with van der Waals surface area (Å²) in [6, 6.07) is 6.07. The first-order valence-corrected chi connectivity index (χ1v) is 5.79. The average Bonchev–Trinajstić information content (AvgIpc) is 2.36. The van der Waals surface area contributed by atoms with E-state index in [-0.39, 0.29) is 29.9 Å². The third-order valence-corrected chi connectivity index (χ3v) is 2.48. The van der Waals surface area contributed by atoms with Gasteiger partial charge in [-0.25, -0.2) is 4.79 Å². The highest BCUT2D eigenvalue weighted by molar-refractivity contribution is 5.93. The number of rotatable bonds is 5. The molecule has 5 heteroatoms. The second-order valence-electron chi connectivity index (χ2n) is 3.97. The molecule has 0 bridgehead atoms. The molecule has 18 heavy (non-hydrogen) atoms. The summed E-state index contributed by atoms with van der Waals surface area (Å²) in [5.41, 5.74) is 0.0499. The molecule has 1 unspecified atom stereocenters. The molecule has 1 amide bonds. The second kappa shape index (κ2) is 6.64. The summed E-state index contributed by atoms with van der Waals surface area (Å²) >= 11 is 0. The Kier molecular flexibility index (Phi) is 5.17. The fourth-order valence-electron chi connectivity index (χ4n) is 1.27. The summed E-state index contributed by atoms with van der Waals surface area (Å²) in [7, 11) is 0. The Morgan fingerprint density at radius 1 is 1.39 bits per heavy atom. The number of carbonyl (C=O) groups is 2. The molecule has 0 aliphatic heterocycles. The number of phenols is 1. The Labute approximate surface area is 106 Å². The molecule has 5 nitrogen and oxygen atoms in total. The molecule has 98 valence electrons. The fraction of sp³-hybridized carbons (Fsp3) is 0.385. The van der Waals surface area contributed by atoms with Crippen LogP contribution in [0, 0.1) is 0 Å². The van der Waals surface area contributed by atoms with Gasteiger partial charge in [-0.1, -0.05) is 19.1 Å². The minimum Gasteiger partial charge on any atom is -0.507 e. The number of esters is 1. The summed E-state index contributed by atoms with van der Waals surface area (Å²) in [6.07, 6.45) is 0.805. The lowest BCUT2D eigenvalue weighted by Gasteiger charge is -2.11. The Morgan fingerprint density at radius 2 is 2.06 bits per heavy atom. The van der Waals surface area contributed by atoms with E-state index in [1.165, 1.54) is 12.1 Å². The van der Waals surface area contributed by atoms with Crippen molar-refractivity contribution in [3.8, 4) is 5.75 Å². The van der Waals surface area contributed by atoms with E-state index in [0.717, 1.165) is 6.42 Å². The normalized spacial score (nSPS) is 11.7. The van der Waals surface area contributed by atoms with Crippen molar-refractivity contribution in [3.05, 3.63) is 29.8 Å². The van der Waals surface area contributed by atoms with E-state index < -0.39 is 5.97 Å². The van der Waals surface area contributed by atoms with Crippen LogP contribution >= 0.6 is 0 Å². The van der Waals surface area contributed by atoms with Crippen LogP contribution in [0.25, 0.3) is 0 Å². The van der Waals surface area contributed by atoms with Crippen LogP contribution in [0.1, 0.15) is 30.6 Å². The first-order chi connectivity index (χ1) is 8.54. The third-order valence-electron chi connectivity index (χ3n) is 2.48. The predicted molar refractivity (Wildman–Crippen MR) is 66.3 cm³/mol. The predicted octanol–water partition coefficient (Wildman–Crippen LogP) is 1.46. The Bertz CT molecular complexity index is 431. The van der Waals surface area contributed by atoms with Crippen LogP contribution in [0.2, 0.25) is 0 Å². The monoisotopic (exact) mass is 251 g/mol. The molecule has 2 N–H and O–H groups in total. The largest absolute Gasteiger partial charge is 0.507 e. The number of amides is 1. The zero-order chi connectivity index (χ0) is 13.5. The van der Waals surface area contributed by atoms with Gasteiger partial charge in [0.2, 0.25) is 0 Å². The second-order valence-corrected chi connectivity index (χ2v) is 3.97. The molecule has 0 aliphatic rings. The van der Waals surface area contributed by atoms with Gasteiger partial charge in [0.1, 0.15) is 11.3 Å². The van der Waals surface area contributed by atoms with Gasteiger partial charge in [0.05, 0.1) is 0 Å². The van der Waals surface area contributed by atoms with Crippen molar-refractivity contribution in [2.24, 2.45) is 0 Å². The van der Waals surface area contributed by atoms with Crippen molar-refractivity contribution < 1.29 is 19.4 Å². The van der Waals surface area contributed by atoms with Crippen LogP contribution < -0.4 is 5.32 Å². The topological polar surface area (TPSA) is 75.6 Å². The SMILES string of the molecule is CCC(C)NC(=O)COC(=O)c1ccccc1O. The number of hydrogen-bond donors (Lipinski definition) is 2. The number of aromatic hydroxyl groups is 1. The number of carbonyl (C=O) groups excluding carboxylic acids is 2. The van der Waals surface area contributed by atoms with E-state index in [4.69, 9.17) is 4.74 Å². The number of para-hydroxylation sites is 1. The average molecular weight is 251 g/mol. The van der Waals surface area contributed by atoms with Crippen LogP contribution in [0.5, 0.6) is 5.75 Å². The molecule has 0 radical (unpaired) electrons. The molecular weight excluding hydrogens is 234 g/mol. The molecule has 0 fully saturated rings. The van der Waals surface area contributed by atoms with Gasteiger partial charge < -0.3 is 15.2 Å². The molecule has 1 atom stereocenters. The van der Waals surface area contributed by atoms with Crippen LogP contribution in [-0.4, -0.2) is 29.6 Å². The number of phenolic OH excluding ortho intramolecular Hbond substituents is 1. The quantitative estimate of drug-likeness (QED) is 0.777. The number of benzene rings is 1. The lowest BCUT2D eigenvalue weighted by atomic mass is 10.2. The molecule has 0 aliphatic carbocycles. The van der Waals surface area contributed by atoms with Crippen LogP contribution in [0.3, 0.4) is 0 Å². The minimum atomic E-state index is -0.715. The highest BCUT2D eigenvalue weighted by atomic mass is 16.5. The van der Waals surface area contributed by atoms with Gasteiger partial charge in [0.25, 0.3) is 5.91 Å². The molecule has 0 saturated heterocycles. The highest BCUT2D eigenvalue weighted by Crippen LogP contribution is 2.16. The Balaban J connectivity index is 2.47. The molecule has 0 saturated carbocycles. The number of hydrogen-bond acceptors (Lipinski definition) is 4. The van der Waals surface area contributed by atoms with Gasteiger partial charge >= 0.3 is 5.97 Å². The Hall–Kier alpha value is -2.04. The van der Waals surface area contributed by atoms with Gasteiger partial charge in [0, 0.05) is 6.04 Å². The van der Waals surface area contributed by atoms with Crippen molar-refractivity contribution in [1.82, 2.24) is 5.32 Å². The van der Waals surface area contributed by atoms with Crippen LogP contribution in [0.4, 0.5) is 0 Å². The first-order valence-electron chi connectivity index (χ1n) is 5.79. The minimum absolute atomic E-state index is 0.0429.